The Kier molecular flexibility index (Phi) is 7.69. The van der Waals surface area contributed by atoms with Gasteiger partial charge in [0.05, 0.1) is 0 Å². The minimum atomic E-state index is -0.231. The standard InChI is InChI=1S/C21H34N6O2/c1-4-25(5-2)19-9-8-17(15-23-19)16-24-21(22-3)27-12-10-26(11-13-27)20(28)18-7-6-14-29-18/h8-9,15,18H,4-7,10-14,16H2,1-3H3,(H,22,24). The normalized spacial score (nSPS) is 20.1. The van der Waals surface area contributed by atoms with Gasteiger partial charge in [-0.15, -0.1) is 0 Å². The molecule has 29 heavy (non-hydrogen) atoms. The zero-order chi connectivity index (χ0) is 20.6. The summed E-state index contributed by atoms with van der Waals surface area (Å²) in [5, 5.41) is 3.43. The summed E-state index contributed by atoms with van der Waals surface area (Å²) in [6.45, 7) is 10.5. The smallest absolute Gasteiger partial charge is 0.251 e. The van der Waals surface area contributed by atoms with E-state index in [9.17, 15) is 4.79 Å². The molecular formula is C21H34N6O2. The summed E-state index contributed by atoms with van der Waals surface area (Å²) in [5.41, 5.74) is 1.12. The van der Waals surface area contributed by atoms with Crippen LogP contribution in [0.25, 0.3) is 0 Å². The van der Waals surface area contributed by atoms with Gasteiger partial charge in [0.15, 0.2) is 5.96 Å². The molecule has 2 fully saturated rings. The first-order chi connectivity index (χ1) is 14.2. The van der Waals surface area contributed by atoms with E-state index in [1.54, 1.807) is 7.05 Å². The molecule has 1 atom stereocenters. The maximum atomic E-state index is 12.5. The van der Waals surface area contributed by atoms with E-state index in [-0.39, 0.29) is 12.0 Å². The number of hydrogen-bond acceptors (Lipinski definition) is 5. The summed E-state index contributed by atoms with van der Waals surface area (Å²) in [7, 11) is 1.80. The van der Waals surface area contributed by atoms with Crippen molar-refractivity contribution in [3.8, 4) is 0 Å². The van der Waals surface area contributed by atoms with Crippen LogP contribution in [0.2, 0.25) is 0 Å². The van der Waals surface area contributed by atoms with Gasteiger partial charge in [0.2, 0.25) is 0 Å². The average Bonchev–Trinajstić information content (AvgIpc) is 3.31. The van der Waals surface area contributed by atoms with Gasteiger partial charge in [-0.2, -0.15) is 0 Å². The van der Waals surface area contributed by atoms with Gasteiger partial charge >= 0.3 is 0 Å². The van der Waals surface area contributed by atoms with Gasteiger partial charge in [-0.1, -0.05) is 6.07 Å². The van der Waals surface area contributed by atoms with Gasteiger partial charge in [-0.25, -0.2) is 4.98 Å². The number of aliphatic imine (C=N–C) groups is 1. The van der Waals surface area contributed by atoms with Gasteiger partial charge < -0.3 is 24.8 Å². The highest BCUT2D eigenvalue weighted by Gasteiger charge is 2.30. The predicted octanol–water partition coefficient (Wildman–Crippen LogP) is 1.33. The van der Waals surface area contributed by atoms with E-state index in [1.165, 1.54) is 0 Å². The summed E-state index contributed by atoms with van der Waals surface area (Å²) >= 11 is 0. The second-order valence-electron chi connectivity index (χ2n) is 7.41. The molecule has 2 aliphatic rings. The van der Waals surface area contributed by atoms with Crippen LogP contribution in [0.15, 0.2) is 23.3 Å². The largest absolute Gasteiger partial charge is 0.368 e. The molecule has 2 aliphatic heterocycles. The second kappa shape index (κ2) is 10.4. The van der Waals surface area contributed by atoms with E-state index in [1.807, 2.05) is 11.1 Å². The lowest BCUT2D eigenvalue weighted by molar-refractivity contribution is -0.142. The van der Waals surface area contributed by atoms with Crippen molar-refractivity contribution in [2.24, 2.45) is 4.99 Å². The molecule has 1 aromatic heterocycles. The van der Waals surface area contributed by atoms with Crippen LogP contribution in [0.3, 0.4) is 0 Å². The van der Waals surface area contributed by atoms with Crippen molar-refractivity contribution in [2.45, 2.75) is 39.3 Å². The molecule has 160 valence electrons. The molecule has 1 amide bonds. The van der Waals surface area contributed by atoms with Crippen LogP contribution in [0.5, 0.6) is 0 Å². The van der Waals surface area contributed by atoms with Crippen molar-refractivity contribution in [1.82, 2.24) is 20.1 Å². The van der Waals surface area contributed by atoms with Crippen molar-refractivity contribution in [2.75, 3.05) is 57.8 Å². The van der Waals surface area contributed by atoms with Crippen LogP contribution in [0, 0.1) is 0 Å². The minimum absolute atomic E-state index is 0.143. The van der Waals surface area contributed by atoms with Crippen LogP contribution >= 0.6 is 0 Å². The highest BCUT2D eigenvalue weighted by atomic mass is 16.5. The first-order valence-corrected chi connectivity index (χ1v) is 10.7. The zero-order valence-corrected chi connectivity index (χ0v) is 17.9. The SMILES string of the molecule is CCN(CC)c1ccc(CNC(=NC)N2CCN(C(=O)C3CCCO3)CC2)cn1. The van der Waals surface area contributed by atoms with Gasteiger partial charge in [0.1, 0.15) is 11.9 Å². The summed E-state index contributed by atoms with van der Waals surface area (Å²) in [6.07, 6.45) is 3.53. The lowest BCUT2D eigenvalue weighted by Gasteiger charge is -2.37. The molecule has 0 bridgehead atoms. The first-order valence-electron chi connectivity index (χ1n) is 10.7. The third-order valence-corrected chi connectivity index (χ3v) is 5.65. The number of piperazine rings is 1. The molecule has 0 saturated carbocycles. The molecule has 3 heterocycles. The van der Waals surface area contributed by atoms with Crippen molar-refractivity contribution >= 4 is 17.7 Å². The molecule has 2 saturated heterocycles. The van der Waals surface area contributed by atoms with Gasteiger partial charge in [-0.3, -0.25) is 9.79 Å². The third kappa shape index (κ3) is 5.38. The minimum Gasteiger partial charge on any atom is -0.368 e. The number of carbonyl (C=O) groups excluding carboxylic acids is 1. The Bertz CT molecular complexity index is 675. The number of nitrogens with one attached hydrogen (secondary N) is 1. The van der Waals surface area contributed by atoms with E-state index in [4.69, 9.17) is 4.74 Å². The molecule has 0 aromatic carbocycles. The average molecular weight is 403 g/mol. The number of rotatable bonds is 6. The number of anilines is 1. The Morgan fingerprint density at radius 3 is 2.52 bits per heavy atom. The molecule has 0 spiro atoms. The second-order valence-corrected chi connectivity index (χ2v) is 7.41. The Hall–Kier alpha value is -2.35. The number of amides is 1. The molecule has 0 radical (unpaired) electrons. The van der Waals surface area contributed by atoms with E-state index in [2.05, 4.69) is 51.1 Å². The van der Waals surface area contributed by atoms with E-state index in [0.717, 1.165) is 56.4 Å². The van der Waals surface area contributed by atoms with Crippen molar-refractivity contribution < 1.29 is 9.53 Å². The zero-order valence-electron chi connectivity index (χ0n) is 17.9. The number of aromatic nitrogens is 1. The molecular weight excluding hydrogens is 368 g/mol. The lowest BCUT2D eigenvalue weighted by Crippen LogP contribution is -2.55. The molecule has 8 nitrogen and oxygen atoms in total. The fraction of sp³-hybridized carbons (Fsp3) is 0.667. The monoisotopic (exact) mass is 402 g/mol. The highest BCUT2D eigenvalue weighted by molar-refractivity contribution is 5.82. The maximum absolute atomic E-state index is 12.5. The maximum Gasteiger partial charge on any atom is 0.251 e. The fourth-order valence-corrected chi connectivity index (χ4v) is 3.88. The summed E-state index contributed by atoms with van der Waals surface area (Å²) in [5.74, 6) is 2.02. The molecule has 1 N–H and O–H groups in total. The van der Waals surface area contributed by atoms with Crippen molar-refractivity contribution in [3.05, 3.63) is 23.9 Å². The topological polar surface area (TPSA) is 73.3 Å². The molecule has 8 heteroatoms. The first kappa shape index (κ1) is 21.4. The van der Waals surface area contributed by atoms with Crippen molar-refractivity contribution in [3.63, 3.8) is 0 Å². The number of ether oxygens (including phenoxy) is 1. The van der Waals surface area contributed by atoms with Gasteiger partial charge in [0, 0.05) is 65.7 Å². The Balaban J connectivity index is 1.48. The Labute approximate surface area is 173 Å². The highest BCUT2D eigenvalue weighted by Crippen LogP contribution is 2.16. The fourth-order valence-electron chi connectivity index (χ4n) is 3.88. The van der Waals surface area contributed by atoms with Gasteiger partial charge in [-0.05, 0) is 38.3 Å². The van der Waals surface area contributed by atoms with E-state index in [0.29, 0.717) is 26.2 Å². The molecule has 1 aromatic rings. The van der Waals surface area contributed by atoms with Gasteiger partial charge in [0.25, 0.3) is 5.91 Å². The molecule has 0 aliphatic carbocycles. The van der Waals surface area contributed by atoms with Crippen LogP contribution in [0.1, 0.15) is 32.3 Å². The quantitative estimate of drug-likeness (QED) is 0.572. The number of nitrogens with zero attached hydrogens (tertiary/aromatic N) is 5. The number of pyridine rings is 1. The Morgan fingerprint density at radius 2 is 1.97 bits per heavy atom. The molecule has 3 rings (SSSR count). The van der Waals surface area contributed by atoms with Crippen molar-refractivity contribution in [1.29, 1.82) is 0 Å². The molecule has 1 unspecified atom stereocenters. The van der Waals surface area contributed by atoms with Crippen LogP contribution < -0.4 is 10.2 Å². The van der Waals surface area contributed by atoms with E-state index >= 15 is 0 Å². The number of carbonyl (C=O) groups is 1. The summed E-state index contributed by atoms with van der Waals surface area (Å²) < 4.78 is 5.54. The third-order valence-electron chi connectivity index (χ3n) is 5.65. The van der Waals surface area contributed by atoms with Crippen LogP contribution in [-0.2, 0) is 16.1 Å². The summed E-state index contributed by atoms with van der Waals surface area (Å²) in [6, 6.07) is 4.18. The predicted molar refractivity (Wildman–Crippen MR) is 115 cm³/mol. The number of guanidine groups is 1. The van der Waals surface area contributed by atoms with Crippen LogP contribution in [-0.4, -0.2) is 85.7 Å². The van der Waals surface area contributed by atoms with E-state index < -0.39 is 0 Å². The lowest BCUT2D eigenvalue weighted by atomic mass is 10.2. The number of hydrogen-bond donors (Lipinski definition) is 1. The summed E-state index contributed by atoms with van der Waals surface area (Å²) in [4.78, 5) is 27.9. The Morgan fingerprint density at radius 1 is 1.24 bits per heavy atom. The van der Waals surface area contributed by atoms with Crippen LogP contribution in [0.4, 0.5) is 5.82 Å².